The maximum Gasteiger partial charge on any atom is 0.347 e. The first-order valence-electron chi connectivity index (χ1n) is 6.54. The maximum atomic E-state index is 12.3. The van der Waals surface area contributed by atoms with Crippen molar-refractivity contribution in [1.82, 2.24) is 13.9 Å². The lowest BCUT2D eigenvalue weighted by molar-refractivity contribution is 0.524. The van der Waals surface area contributed by atoms with Crippen LogP contribution in [0.2, 0.25) is 0 Å². The molecule has 2 aliphatic carbocycles. The third kappa shape index (κ3) is 1.22. The summed E-state index contributed by atoms with van der Waals surface area (Å²) in [5, 5.41) is 0. The van der Waals surface area contributed by atoms with Gasteiger partial charge in [-0.3, -0.25) is 0 Å². The summed E-state index contributed by atoms with van der Waals surface area (Å²) in [5.74, 6) is 0. The topological polar surface area (TPSA) is 48.9 Å². The molecular formula is C15H13N3O2. The van der Waals surface area contributed by atoms with Gasteiger partial charge in [0.2, 0.25) is 0 Å². The summed E-state index contributed by atoms with van der Waals surface area (Å²) in [6.45, 7) is 0. The van der Waals surface area contributed by atoms with Crippen molar-refractivity contribution in [3.8, 4) is 0 Å². The van der Waals surface area contributed by atoms with Crippen LogP contribution in [-0.4, -0.2) is 13.9 Å². The zero-order chi connectivity index (χ0) is 13.9. The summed E-state index contributed by atoms with van der Waals surface area (Å²) in [4.78, 5) is 24.6. The van der Waals surface area contributed by atoms with Gasteiger partial charge in [-0.05, 0) is 11.1 Å². The molecule has 3 aliphatic rings. The van der Waals surface area contributed by atoms with Crippen LogP contribution in [0.1, 0.15) is 12.1 Å². The standard InChI is InChI=1S/C15H13N3O2/c1-16-14(19)17-11-8-4-2-6-10-7-3-5-9-12(13(10)11)18(17)15(16)20/h2-9,11-12H,1H3/t11-,12+. The van der Waals surface area contributed by atoms with Gasteiger partial charge in [-0.2, -0.15) is 0 Å². The third-order valence-electron chi connectivity index (χ3n) is 4.06. The van der Waals surface area contributed by atoms with Crippen molar-refractivity contribution < 1.29 is 0 Å². The quantitative estimate of drug-likeness (QED) is 0.704. The Morgan fingerprint density at radius 3 is 1.85 bits per heavy atom. The Hall–Kier alpha value is -2.56. The SMILES string of the molecule is Cn1c(=O)n2n(c1=O)[C@H]1C=CC=CC3=C1[C@H]2C=CC=C3. The minimum absolute atomic E-state index is 0.196. The zero-order valence-electron chi connectivity index (χ0n) is 10.9. The van der Waals surface area contributed by atoms with Crippen LogP contribution in [0.4, 0.5) is 0 Å². The molecule has 1 aromatic rings. The van der Waals surface area contributed by atoms with E-state index in [9.17, 15) is 9.59 Å². The summed E-state index contributed by atoms with van der Waals surface area (Å²) in [6, 6.07) is -0.391. The minimum Gasteiger partial charge on any atom is -0.246 e. The van der Waals surface area contributed by atoms with E-state index in [2.05, 4.69) is 0 Å². The molecule has 0 fully saturated rings. The van der Waals surface area contributed by atoms with Crippen LogP contribution in [0.3, 0.4) is 0 Å². The highest BCUT2D eigenvalue weighted by atomic mass is 16.2. The zero-order valence-corrected chi connectivity index (χ0v) is 10.9. The van der Waals surface area contributed by atoms with E-state index in [0.717, 1.165) is 15.7 Å². The molecule has 0 unspecified atom stereocenters. The van der Waals surface area contributed by atoms with E-state index in [4.69, 9.17) is 0 Å². The Kier molecular flexibility index (Phi) is 2.10. The minimum atomic E-state index is -0.274. The highest BCUT2D eigenvalue weighted by Gasteiger charge is 2.38. The molecular weight excluding hydrogens is 254 g/mol. The summed E-state index contributed by atoms with van der Waals surface area (Å²) >= 11 is 0. The second-order valence-corrected chi connectivity index (χ2v) is 5.10. The molecule has 0 radical (unpaired) electrons. The fourth-order valence-electron chi connectivity index (χ4n) is 3.14. The molecule has 0 N–H and O–H groups in total. The van der Waals surface area contributed by atoms with Crippen molar-refractivity contribution in [2.24, 2.45) is 7.05 Å². The first-order valence-corrected chi connectivity index (χ1v) is 6.54. The highest BCUT2D eigenvalue weighted by Crippen LogP contribution is 2.40. The lowest BCUT2D eigenvalue weighted by atomic mass is 9.96. The summed E-state index contributed by atoms with van der Waals surface area (Å²) in [6.07, 6.45) is 15.7. The Labute approximate surface area is 114 Å². The van der Waals surface area contributed by atoms with Crippen molar-refractivity contribution >= 4 is 0 Å². The molecule has 100 valence electrons. The van der Waals surface area contributed by atoms with E-state index >= 15 is 0 Å². The normalized spacial score (nSPS) is 25.6. The van der Waals surface area contributed by atoms with Gasteiger partial charge in [0.1, 0.15) is 0 Å². The average molecular weight is 267 g/mol. The first-order chi connectivity index (χ1) is 9.70. The summed E-state index contributed by atoms with van der Waals surface area (Å²) in [7, 11) is 1.52. The Balaban J connectivity index is 2.14. The van der Waals surface area contributed by atoms with Gasteiger partial charge in [-0.25, -0.2) is 23.5 Å². The van der Waals surface area contributed by atoms with Gasteiger partial charge in [0.25, 0.3) is 0 Å². The molecule has 0 aromatic carbocycles. The fraction of sp³-hybridized carbons (Fsp3) is 0.200. The van der Waals surface area contributed by atoms with Crippen LogP contribution >= 0.6 is 0 Å². The predicted molar refractivity (Wildman–Crippen MR) is 75.6 cm³/mol. The van der Waals surface area contributed by atoms with Crippen LogP contribution in [0, 0.1) is 0 Å². The van der Waals surface area contributed by atoms with Crippen molar-refractivity contribution in [3.63, 3.8) is 0 Å². The Morgan fingerprint density at radius 1 is 0.850 bits per heavy atom. The van der Waals surface area contributed by atoms with E-state index in [1.54, 1.807) is 9.36 Å². The van der Waals surface area contributed by atoms with E-state index in [-0.39, 0.29) is 23.5 Å². The van der Waals surface area contributed by atoms with E-state index in [1.165, 1.54) is 7.05 Å². The van der Waals surface area contributed by atoms with Crippen molar-refractivity contribution in [1.29, 1.82) is 0 Å². The van der Waals surface area contributed by atoms with Crippen LogP contribution in [0.15, 0.2) is 69.3 Å². The van der Waals surface area contributed by atoms with Crippen molar-refractivity contribution in [2.75, 3.05) is 0 Å². The molecule has 0 spiro atoms. The molecule has 20 heavy (non-hydrogen) atoms. The van der Waals surface area contributed by atoms with Gasteiger partial charge in [0.05, 0.1) is 12.1 Å². The lowest BCUT2D eigenvalue weighted by Crippen LogP contribution is -2.28. The Bertz CT molecular complexity index is 800. The number of aromatic nitrogens is 3. The Morgan fingerprint density at radius 2 is 1.35 bits per heavy atom. The number of hydrogen-bond donors (Lipinski definition) is 0. The van der Waals surface area contributed by atoms with Gasteiger partial charge in [0.15, 0.2) is 0 Å². The molecule has 1 aromatic heterocycles. The van der Waals surface area contributed by atoms with Crippen molar-refractivity contribution in [3.05, 3.63) is 80.7 Å². The number of hydrogen-bond acceptors (Lipinski definition) is 2. The number of nitrogens with zero attached hydrogens (tertiary/aromatic N) is 3. The molecule has 1 aliphatic heterocycles. The largest absolute Gasteiger partial charge is 0.347 e. The lowest BCUT2D eigenvalue weighted by Gasteiger charge is -2.12. The molecule has 0 saturated carbocycles. The van der Waals surface area contributed by atoms with E-state index in [0.29, 0.717) is 0 Å². The first kappa shape index (κ1) is 11.3. The molecule has 2 atom stereocenters. The average Bonchev–Trinajstić information content (AvgIpc) is 2.69. The molecule has 5 nitrogen and oxygen atoms in total. The van der Waals surface area contributed by atoms with Gasteiger partial charge < -0.3 is 0 Å². The predicted octanol–water partition coefficient (Wildman–Crippen LogP) is 0.993. The molecule has 0 amide bonds. The van der Waals surface area contributed by atoms with Gasteiger partial charge in [-0.15, -0.1) is 0 Å². The van der Waals surface area contributed by atoms with Gasteiger partial charge >= 0.3 is 11.4 Å². The number of rotatable bonds is 0. The molecule has 0 saturated heterocycles. The highest BCUT2D eigenvalue weighted by molar-refractivity contribution is 5.49. The monoisotopic (exact) mass is 267 g/mol. The van der Waals surface area contributed by atoms with Gasteiger partial charge in [-0.1, -0.05) is 48.6 Å². The number of allylic oxidation sites excluding steroid dienone is 10. The van der Waals surface area contributed by atoms with Crippen molar-refractivity contribution in [2.45, 2.75) is 12.1 Å². The van der Waals surface area contributed by atoms with Crippen LogP contribution in [0.5, 0.6) is 0 Å². The maximum absolute atomic E-state index is 12.3. The summed E-state index contributed by atoms with van der Waals surface area (Å²) < 4.78 is 4.26. The second-order valence-electron chi connectivity index (χ2n) is 5.10. The van der Waals surface area contributed by atoms with E-state index in [1.807, 2.05) is 48.6 Å². The molecule has 2 heterocycles. The van der Waals surface area contributed by atoms with Gasteiger partial charge in [0, 0.05) is 7.05 Å². The molecule has 4 rings (SSSR count). The molecule has 0 bridgehead atoms. The van der Waals surface area contributed by atoms with E-state index < -0.39 is 0 Å². The number of fused-ring (bicyclic) bond motifs is 3. The third-order valence-corrected chi connectivity index (χ3v) is 4.06. The van der Waals surface area contributed by atoms with Crippen LogP contribution in [0.25, 0.3) is 0 Å². The second kappa shape index (κ2) is 3.72. The smallest absolute Gasteiger partial charge is 0.246 e. The van der Waals surface area contributed by atoms with Crippen LogP contribution < -0.4 is 11.4 Å². The molecule has 5 heteroatoms. The summed E-state index contributed by atoms with van der Waals surface area (Å²) in [5.41, 5.74) is 1.59. The van der Waals surface area contributed by atoms with Crippen LogP contribution in [-0.2, 0) is 7.05 Å². The fourth-order valence-corrected chi connectivity index (χ4v) is 3.14.